The molecule has 0 spiro atoms. The van der Waals surface area contributed by atoms with E-state index in [1.54, 1.807) is 30.6 Å². The van der Waals surface area contributed by atoms with Gasteiger partial charge in [-0.25, -0.2) is 0 Å². The van der Waals surface area contributed by atoms with Crippen molar-refractivity contribution in [3.8, 4) is 5.75 Å². The Balaban J connectivity index is 2.09. The molecule has 35 heavy (non-hydrogen) atoms. The van der Waals surface area contributed by atoms with Crippen LogP contribution < -0.4 is 4.74 Å². The van der Waals surface area contributed by atoms with Crippen molar-refractivity contribution in [1.29, 1.82) is 0 Å². The van der Waals surface area contributed by atoms with Crippen molar-refractivity contribution >= 4 is 17.4 Å². The molecule has 1 amide bonds. The van der Waals surface area contributed by atoms with E-state index >= 15 is 0 Å². The van der Waals surface area contributed by atoms with Crippen molar-refractivity contribution in [2.45, 2.75) is 65.5 Å². The first-order valence-corrected chi connectivity index (χ1v) is 12.1. The molecule has 1 aromatic carbocycles. The fourth-order valence-corrected chi connectivity index (χ4v) is 4.25. The number of aliphatic hydroxyl groups excluding tert-OH is 1. The maximum absolute atomic E-state index is 13.2. The number of ether oxygens (including phenoxy) is 2. The highest BCUT2D eigenvalue weighted by molar-refractivity contribution is 6.46. The minimum Gasteiger partial charge on any atom is -0.507 e. The number of aliphatic hydroxyl groups is 1. The summed E-state index contributed by atoms with van der Waals surface area (Å²) in [5, 5.41) is 11.4. The Morgan fingerprint density at radius 1 is 1.20 bits per heavy atom. The van der Waals surface area contributed by atoms with Gasteiger partial charge in [-0.1, -0.05) is 26.8 Å². The van der Waals surface area contributed by atoms with Crippen LogP contribution in [0.4, 0.5) is 0 Å². The minimum atomic E-state index is -0.729. The van der Waals surface area contributed by atoms with E-state index in [-0.39, 0.29) is 22.9 Å². The summed E-state index contributed by atoms with van der Waals surface area (Å²) in [6, 6.07) is 8.20. The quantitative estimate of drug-likeness (QED) is 0.235. The molecule has 0 saturated carbocycles. The van der Waals surface area contributed by atoms with Gasteiger partial charge in [0.05, 0.1) is 24.3 Å². The average molecular weight is 481 g/mol. The zero-order valence-electron chi connectivity index (χ0n) is 21.5. The number of rotatable bonds is 9. The SMILES string of the molecule is CCOc1ccc(/C(O)=C2/C(=O)C(=O)N(CCCOC(C)C)C2c2cccnc2)cc1C(C)(C)C. The third-order valence-corrected chi connectivity index (χ3v) is 5.90. The molecule has 1 saturated heterocycles. The molecule has 1 fully saturated rings. The highest BCUT2D eigenvalue weighted by Crippen LogP contribution is 2.40. The Morgan fingerprint density at radius 2 is 1.94 bits per heavy atom. The first-order chi connectivity index (χ1) is 16.6. The van der Waals surface area contributed by atoms with Crippen LogP contribution in [0.15, 0.2) is 48.3 Å². The summed E-state index contributed by atoms with van der Waals surface area (Å²) < 4.78 is 11.4. The van der Waals surface area contributed by atoms with Crippen molar-refractivity contribution in [1.82, 2.24) is 9.88 Å². The van der Waals surface area contributed by atoms with Gasteiger partial charge in [-0.15, -0.1) is 0 Å². The molecule has 3 rings (SSSR count). The summed E-state index contributed by atoms with van der Waals surface area (Å²) >= 11 is 0. The topological polar surface area (TPSA) is 89.0 Å². The molecule has 188 valence electrons. The second kappa shape index (κ2) is 11.0. The smallest absolute Gasteiger partial charge is 0.295 e. The molecular weight excluding hydrogens is 444 g/mol. The number of carbonyl (C=O) groups excluding carboxylic acids is 2. The fraction of sp³-hybridized carbons (Fsp3) is 0.464. The van der Waals surface area contributed by atoms with Gasteiger partial charge in [0.1, 0.15) is 11.5 Å². The van der Waals surface area contributed by atoms with Crippen LogP contribution in [0.25, 0.3) is 5.76 Å². The van der Waals surface area contributed by atoms with E-state index in [0.717, 1.165) is 11.3 Å². The van der Waals surface area contributed by atoms with Gasteiger partial charge in [0, 0.05) is 36.7 Å². The molecule has 2 aromatic rings. The van der Waals surface area contributed by atoms with Gasteiger partial charge in [0.2, 0.25) is 0 Å². The Bertz CT molecular complexity index is 1090. The average Bonchev–Trinajstić information content (AvgIpc) is 3.06. The van der Waals surface area contributed by atoms with Crippen LogP contribution in [-0.2, 0) is 19.7 Å². The lowest BCUT2D eigenvalue weighted by molar-refractivity contribution is -0.140. The number of pyridine rings is 1. The highest BCUT2D eigenvalue weighted by atomic mass is 16.5. The molecule has 0 aliphatic carbocycles. The van der Waals surface area contributed by atoms with Gasteiger partial charge in [-0.3, -0.25) is 14.6 Å². The monoisotopic (exact) mass is 480 g/mol. The van der Waals surface area contributed by atoms with E-state index in [1.807, 2.05) is 32.9 Å². The maximum atomic E-state index is 13.2. The van der Waals surface area contributed by atoms with Gasteiger partial charge in [-0.2, -0.15) is 0 Å². The number of carbonyl (C=O) groups is 2. The summed E-state index contributed by atoms with van der Waals surface area (Å²) in [4.78, 5) is 32.0. The number of hydrogen-bond donors (Lipinski definition) is 1. The Morgan fingerprint density at radius 3 is 2.54 bits per heavy atom. The summed E-state index contributed by atoms with van der Waals surface area (Å²) in [7, 11) is 0. The van der Waals surface area contributed by atoms with Gasteiger partial charge < -0.3 is 19.5 Å². The van der Waals surface area contributed by atoms with E-state index in [0.29, 0.717) is 37.3 Å². The van der Waals surface area contributed by atoms with E-state index in [2.05, 4.69) is 25.8 Å². The Hall–Kier alpha value is -3.19. The van der Waals surface area contributed by atoms with Gasteiger partial charge >= 0.3 is 0 Å². The van der Waals surface area contributed by atoms with Crippen LogP contribution in [-0.4, -0.2) is 52.5 Å². The number of ketones is 1. The summed E-state index contributed by atoms with van der Waals surface area (Å²) in [5.74, 6) is -0.808. The van der Waals surface area contributed by atoms with E-state index in [9.17, 15) is 14.7 Å². The van der Waals surface area contributed by atoms with Crippen LogP contribution in [0.2, 0.25) is 0 Å². The number of likely N-dealkylation sites (tertiary alicyclic amines) is 1. The molecule has 1 aliphatic heterocycles. The number of hydrogen-bond acceptors (Lipinski definition) is 6. The van der Waals surface area contributed by atoms with E-state index < -0.39 is 17.7 Å². The third kappa shape index (κ3) is 5.90. The van der Waals surface area contributed by atoms with Gasteiger partial charge in [0.25, 0.3) is 11.7 Å². The fourth-order valence-electron chi connectivity index (χ4n) is 4.25. The zero-order valence-corrected chi connectivity index (χ0v) is 21.5. The molecule has 1 atom stereocenters. The molecule has 2 heterocycles. The van der Waals surface area contributed by atoms with Crippen LogP contribution in [0.5, 0.6) is 5.75 Å². The van der Waals surface area contributed by atoms with Crippen LogP contribution in [0.3, 0.4) is 0 Å². The molecule has 1 aromatic heterocycles. The summed E-state index contributed by atoms with van der Waals surface area (Å²) in [6.07, 6.45) is 3.91. The third-order valence-electron chi connectivity index (χ3n) is 5.90. The lowest BCUT2D eigenvalue weighted by atomic mass is 9.84. The highest BCUT2D eigenvalue weighted by Gasteiger charge is 2.46. The van der Waals surface area contributed by atoms with Gasteiger partial charge in [-0.05, 0) is 62.4 Å². The lowest BCUT2D eigenvalue weighted by Crippen LogP contribution is -2.31. The van der Waals surface area contributed by atoms with Crippen LogP contribution >= 0.6 is 0 Å². The Labute approximate surface area is 207 Å². The second-order valence-corrected chi connectivity index (χ2v) is 9.95. The molecular formula is C28H36N2O5. The molecule has 1 aliphatic rings. The number of benzene rings is 1. The summed E-state index contributed by atoms with van der Waals surface area (Å²) in [6.45, 7) is 13.3. The lowest BCUT2D eigenvalue weighted by Gasteiger charge is -2.26. The van der Waals surface area contributed by atoms with Crippen molar-refractivity contribution in [2.75, 3.05) is 19.8 Å². The maximum Gasteiger partial charge on any atom is 0.295 e. The normalized spacial score (nSPS) is 17.9. The zero-order chi connectivity index (χ0) is 25.8. The molecule has 7 nitrogen and oxygen atoms in total. The van der Waals surface area contributed by atoms with Crippen molar-refractivity contribution in [3.05, 3.63) is 65.0 Å². The predicted octanol–water partition coefficient (Wildman–Crippen LogP) is 5.01. The Kier molecular flexibility index (Phi) is 8.33. The predicted molar refractivity (Wildman–Crippen MR) is 135 cm³/mol. The second-order valence-electron chi connectivity index (χ2n) is 9.95. The number of aromatic nitrogens is 1. The molecule has 0 radical (unpaired) electrons. The molecule has 7 heteroatoms. The van der Waals surface area contributed by atoms with Crippen molar-refractivity contribution < 1.29 is 24.2 Å². The van der Waals surface area contributed by atoms with E-state index in [1.165, 1.54) is 4.90 Å². The minimum absolute atomic E-state index is 0.0665. The van der Waals surface area contributed by atoms with E-state index in [4.69, 9.17) is 9.47 Å². The summed E-state index contributed by atoms with van der Waals surface area (Å²) in [5.41, 5.74) is 1.85. The largest absolute Gasteiger partial charge is 0.507 e. The molecule has 0 bridgehead atoms. The standard InChI is InChI=1S/C28H36N2O5/c1-7-34-22-12-11-19(16-21(22)28(4,5)6)25(31)23-24(20-10-8-13-29-17-20)30(27(33)26(23)32)14-9-15-35-18(2)3/h8,10-13,16-18,24,31H,7,9,14-15H2,1-6H3/b25-23-. The molecule has 1 unspecified atom stereocenters. The molecule has 1 N–H and O–H groups in total. The van der Waals surface area contributed by atoms with Gasteiger partial charge in [0.15, 0.2) is 0 Å². The first-order valence-electron chi connectivity index (χ1n) is 12.1. The van der Waals surface area contributed by atoms with Crippen molar-refractivity contribution in [3.63, 3.8) is 0 Å². The number of Topliss-reactive ketones (excluding diaryl/α,β-unsaturated/α-hetero) is 1. The van der Waals surface area contributed by atoms with Crippen molar-refractivity contribution in [2.24, 2.45) is 0 Å². The van der Waals surface area contributed by atoms with Crippen LogP contribution in [0.1, 0.15) is 70.7 Å². The first kappa shape index (κ1) is 26.4. The van der Waals surface area contributed by atoms with Crippen LogP contribution in [0, 0.1) is 0 Å². The number of amides is 1. The number of nitrogens with zero attached hydrogens (tertiary/aromatic N) is 2.